The van der Waals surface area contributed by atoms with E-state index < -0.39 is 0 Å². The van der Waals surface area contributed by atoms with Crippen molar-refractivity contribution in [3.63, 3.8) is 0 Å². The Kier molecular flexibility index (Phi) is 3.47. The predicted octanol–water partition coefficient (Wildman–Crippen LogP) is 1.57. The van der Waals surface area contributed by atoms with E-state index in [1.54, 1.807) is 0 Å². The van der Waals surface area contributed by atoms with Crippen LogP contribution in [0.25, 0.3) is 0 Å². The molecule has 32 valence electrons. The van der Waals surface area contributed by atoms with Crippen molar-refractivity contribution in [1.82, 2.24) is 0 Å². The van der Waals surface area contributed by atoms with Crippen molar-refractivity contribution in [3.05, 3.63) is 0 Å². The summed E-state index contributed by atoms with van der Waals surface area (Å²) in [5, 5.41) is 0. The second-order valence-electron chi connectivity index (χ2n) is 1.28. The molecule has 1 heteroatoms. The van der Waals surface area contributed by atoms with Crippen LogP contribution < -0.4 is 0 Å². The van der Waals surface area contributed by atoms with Gasteiger partial charge in [0.25, 0.3) is 0 Å². The molecule has 0 rings (SSSR count). The third-order valence-electron chi connectivity index (χ3n) is 0.471. The predicted molar refractivity (Wildman–Crippen MR) is 26.7 cm³/mol. The average Bonchev–Trinajstić information content (AvgIpc) is 1.38. The van der Waals surface area contributed by atoms with E-state index >= 15 is 0 Å². The van der Waals surface area contributed by atoms with Gasteiger partial charge in [0, 0.05) is 0 Å². The van der Waals surface area contributed by atoms with Gasteiger partial charge in [-0.2, -0.15) is 0 Å². The summed E-state index contributed by atoms with van der Waals surface area (Å²) in [4.78, 5) is 2.33. The molecule has 0 radical (unpaired) electrons. The molecule has 0 spiro atoms. The molecule has 0 N–H and O–H groups in total. The fraction of sp³-hybridized carbons (Fsp3) is 1.00. The summed E-state index contributed by atoms with van der Waals surface area (Å²) < 4.78 is 1.01. The van der Waals surface area contributed by atoms with Crippen molar-refractivity contribution in [2.75, 3.05) is 0 Å². The Hall–Kier alpha value is 0.790. The van der Waals surface area contributed by atoms with Gasteiger partial charge in [-0.25, -0.2) is 0 Å². The molecular formula is C4H10Te. The zero-order valence-corrected chi connectivity index (χ0v) is 6.32. The van der Waals surface area contributed by atoms with Gasteiger partial charge in [-0.3, -0.25) is 0 Å². The molecule has 5 heavy (non-hydrogen) atoms. The van der Waals surface area contributed by atoms with Gasteiger partial charge >= 0.3 is 43.7 Å². The normalized spacial score (nSPS) is 9.60. The first-order valence-corrected chi connectivity index (χ1v) is 5.47. The van der Waals surface area contributed by atoms with Crippen LogP contribution in [0.3, 0.4) is 0 Å². The molecule has 0 saturated carbocycles. The van der Waals surface area contributed by atoms with E-state index in [0.717, 1.165) is 3.97 Å². The van der Waals surface area contributed by atoms with Crippen molar-refractivity contribution < 1.29 is 0 Å². The van der Waals surface area contributed by atoms with Crippen LogP contribution in [0.15, 0.2) is 0 Å². The van der Waals surface area contributed by atoms with Crippen LogP contribution in [-0.2, 0) is 0 Å². The van der Waals surface area contributed by atoms with Gasteiger partial charge in [-0.15, -0.1) is 0 Å². The fourth-order valence-electron chi connectivity index (χ4n) is 0. The number of hydrogen-bond acceptors (Lipinski definition) is 0. The van der Waals surface area contributed by atoms with Crippen LogP contribution in [0.5, 0.6) is 0 Å². The van der Waals surface area contributed by atoms with Crippen LogP contribution in [0.2, 0.25) is 8.94 Å². The van der Waals surface area contributed by atoms with Crippen molar-refractivity contribution in [3.8, 4) is 0 Å². The second kappa shape index (κ2) is 3.00. The molecule has 0 aromatic rings. The zero-order valence-electron chi connectivity index (χ0n) is 3.99. The summed E-state index contributed by atoms with van der Waals surface area (Å²) in [6.07, 6.45) is 0. The quantitative estimate of drug-likeness (QED) is 0.545. The van der Waals surface area contributed by atoms with Crippen LogP contribution in [-0.4, -0.2) is 20.9 Å². The van der Waals surface area contributed by atoms with E-state index in [-0.39, 0.29) is 0 Å². The first kappa shape index (κ1) is 5.79. The van der Waals surface area contributed by atoms with E-state index in [4.69, 9.17) is 0 Å². The Morgan fingerprint density at radius 3 is 1.60 bits per heavy atom. The zero-order chi connectivity index (χ0) is 4.28. The van der Waals surface area contributed by atoms with Gasteiger partial charge in [0.15, 0.2) is 0 Å². The maximum absolute atomic E-state index is 2.33. The molecule has 0 aromatic heterocycles. The van der Waals surface area contributed by atoms with E-state index in [9.17, 15) is 0 Å². The maximum atomic E-state index is 2.33. The SMILES string of the molecule is C[Te]C(C)C. The van der Waals surface area contributed by atoms with Crippen molar-refractivity contribution in [2.24, 2.45) is 0 Å². The molecule has 0 nitrogen and oxygen atoms in total. The molecular weight excluding hydrogens is 176 g/mol. The molecule has 0 heterocycles. The Balaban J connectivity index is 2.54. The van der Waals surface area contributed by atoms with Crippen LogP contribution in [0.4, 0.5) is 0 Å². The molecule has 0 saturated heterocycles. The molecule has 0 amide bonds. The van der Waals surface area contributed by atoms with Gasteiger partial charge in [0.05, 0.1) is 0 Å². The molecule has 0 aromatic carbocycles. The van der Waals surface area contributed by atoms with Gasteiger partial charge in [-0.05, 0) is 0 Å². The molecule has 0 fully saturated rings. The summed E-state index contributed by atoms with van der Waals surface area (Å²) in [6.45, 7) is 4.56. The Morgan fingerprint density at radius 2 is 1.60 bits per heavy atom. The standard InChI is InChI=1S/C4H10Te/c1-4(2)5-3/h4H,1-3H3. The van der Waals surface area contributed by atoms with E-state index in [1.165, 1.54) is 0 Å². The van der Waals surface area contributed by atoms with Crippen LogP contribution >= 0.6 is 0 Å². The Bertz CT molecular complexity index is 17.6. The summed E-state index contributed by atoms with van der Waals surface area (Å²) >= 11 is 0.410. The molecule has 0 unspecified atom stereocenters. The molecule has 0 bridgehead atoms. The molecule has 0 aliphatic heterocycles. The second-order valence-corrected chi connectivity index (χ2v) is 5.32. The van der Waals surface area contributed by atoms with Gasteiger partial charge in [-0.1, -0.05) is 0 Å². The third kappa shape index (κ3) is 4.79. The van der Waals surface area contributed by atoms with E-state index in [1.807, 2.05) is 0 Å². The van der Waals surface area contributed by atoms with Gasteiger partial charge < -0.3 is 0 Å². The summed E-state index contributed by atoms with van der Waals surface area (Å²) in [7, 11) is 0. The number of rotatable bonds is 1. The van der Waals surface area contributed by atoms with Crippen molar-refractivity contribution >= 4 is 20.9 Å². The Morgan fingerprint density at radius 1 is 1.40 bits per heavy atom. The van der Waals surface area contributed by atoms with Crippen LogP contribution in [0, 0.1) is 0 Å². The Labute approximate surface area is 44.0 Å². The van der Waals surface area contributed by atoms with E-state index in [2.05, 4.69) is 18.8 Å². The van der Waals surface area contributed by atoms with Crippen molar-refractivity contribution in [2.45, 2.75) is 22.8 Å². The average molecular weight is 186 g/mol. The summed E-state index contributed by atoms with van der Waals surface area (Å²) in [5.74, 6) is 0. The van der Waals surface area contributed by atoms with Gasteiger partial charge in [0.1, 0.15) is 0 Å². The van der Waals surface area contributed by atoms with Crippen LogP contribution in [0.1, 0.15) is 13.8 Å². The molecule has 0 aliphatic rings. The minimum absolute atomic E-state index is 0.410. The fourth-order valence-corrected chi connectivity index (χ4v) is 0. The summed E-state index contributed by atoms with van der Waals surface area (Å²) in [5.41, 5.74) is 0. The molecule has 0 atom stereocenters. The minimum atomic E-state index is 0.410. The first-order chi connectivity index (χ1) is 2.27. The number of hydrogen-bond donors (Lipinski definition) is 0. The van der Waals surface area contributed by atoms with Crippen molar-refractivity contribution in [1.29, 1.82) is 0 Å². The molecule has 0 aliphatic carbocycles. The van der Waals surface area contributed by atoms with E-state index in [0.29, 0.717) is 20.9 Å². The first-order valence-electron chi connectivity index (χ1n) is 1.80. The monoisotopic (exact) mass is 188 g/mol. The van der Waals surface area contributed by atoms with Gasteiger partial charge in [0.2, 0.25) is 0 Å². The topological polar surface area (TPSA) is 0 Å². The summed E-state index contributed by atoms with van der Waals surface area (Å²) in [6, 6.07) is 0. The third-order valence-corrected chi connectivity index (χ3v) is 3.16.